The average molecular weight is 667 g/mol. The van der Waals surface area contributed by atoms with E-state index in [0.29, 0.717) is 30.6 Å². The molecule has 0 radical (unpaired) electrons. The summed E-state index contributed by atoms with van der Waals surface area (Å²) in [5.74, 6) is -3.61. The summed E-state index contributed by atoms with van der Waals surface area (Å²) in [5.41, 5.74) is 2.66. The fourth-order valence-electron chi connectivity index (χ4n) is 8.60. The number of likely N-dealkylation sites (tertiary alicyclic amines) is 3. The van der Waals surface area contributed by atoms with Crippen molar-refractivity contribution in [3.05, 3.63) is 77.4 Å². The number of carbonyl (C=O) groups is 4. The normalized spacial score (nSPS) is 33.2. The highest BCUT2D eigenvalue weighted by atomic mass is 35.5. The first-order valence-corrected chi connectivity index (χ1v) is 16.7. The smallest absolute Gasteiger partial charge is 0.253 e. The van der Waals surface area contributed by atoms with Gasteiger partial charge in [0.2, 0.25) is 11.8 Å². The fourth-order valence-corrected chi connectivity index (χ4v) is 9.62. The second kappa shape index (κ2) is 11.8. The maximum absolute atomic E-state index is 14.3. The Labute approximate surface area is 278 Å². The van der Waals surface area contributed by atoms with Crippen molar-refractivity contribution in [3.8, 4) is 5.75 Å². The van der Waals surface area contributed by atoms with Crippen LogP contribution in [0.4, 0.5) is 0 Å². The number of rotatable bonds is 7. The molecule has 1 N–H and O–H groups in total. The number of piperidine rings is 1. The van der Waals surface area contributed by atoms with Gasteiger partial charge in [0, 0.05) is 38.6 Å². The molecule has 9 nitrogen and oxygen atoms in total. The van der Waals surface area contributed by atoms with Gasteiger partial charge in [0.15, 0.2) is 9.75 Å². The molecule has 3 saturated heterocycles. The highest BCUT2D eigenvalue weighted by molar-refractivity contribution is 6.53. The van der Waals surface area contributed by atoms with Crippen molar-refractivity contribution in [2.24, 2.45) is 17.8 Å². The minimum Gasteiger partial charge on any atom is -0.491 e. The molecule has 2 aliphatic carbocycles. The number of hydrogen-bond donors (Lipinski definition) is 1. The SMILES string of the molecule is CN1C(=O)[C@]2(Cl)C[C@@H]3C(=CC[C@@H]4C(=O)N(C5CCN(Cc6ccccc6)CC5)C(=O)[C@@H]43)[C@H](c3ccc(OCCO)cc3)[C@]2(Cl)C1=O. The molecule has 4 amide bonds. The number of allylic oxidation sites excluding steroid dienone is 2. The number of carbonyl (C=O) groups excluding carboxylic acids is 4. The zero-order valence-corrected chi connectivity index (χ0v) is 27.1. The summed E-state index contributed by atoms with van der Waals surface area (Å²) in [6, 6.07) is 17.1. The van der Waals surface area contributed by atoms with Crippen molar-refractivity contribution in [3.63, 3.8) is 0 Å². The molecule has 242 valence electrons. The van der Waals surface area contributed by atoms with E-state index in [1.165, 1.54) is 17.5 Å². The highest BCUT2D eigenvalue weighted by Gasteiger charge is 2.76. The van der Waals surface area contributed by atoms with Crippen LogP contribution in [0.5, 0.6) is 5.75 Å². The summed E-state index contributed by atoms with van der Waals surface area (Å²) in [6.45, 7) is 2.37. The van der Waals surface area contributed by atoms with Crippen molar-refractivity contribution in [1.29, 1.82) is 0 Å². The van der Waals surface area contributed by atoms with Gasteiger partial charge in [0.05, 0.1) is 18.4 Å². The van der Waals surface area contributed by atoms with Gasteiger partial charge < -0.3 is 9.84 Å². The largest absolute Gasteiger partial charge is 0.491 e. The molecule has 1 saturated carbocycles. The van der Waals surface area contributed by atoms with Crippen LogP contribution in [-0.2, 0) is 25.7 Å². The Hall–Kier alpha value is -3.24. The molecular weight excluding hydrogens is 629 g/mol. The van der Waals surface area contributed by atoms with Crippen molar-refractivity contribution in [1.82, 2.24) is 14.7 Å². The molecule has 0 bridgehead atoms. The van der Waals surface area contributed by atoms with Gasteiger partial charge in [-0.1, -0.05) is 54.1 Å². The quantitative estimate of drug-likeness (QED) is 0.273. The van der Waals surface area contributed by atoms with Crippen molar-refractivity contribution >= 4 is 46.8 Å². The summed E-state index contributed by atoms with van der Waals surface area (Å²) in [7, 11) is 1.39. The topological polar surface area (TPSA) is 107 Å². The van der Waals surface area contributed by atoms with E-state index < -0.39 is 45.2 Å². The third-order valence-corrected chi connectivity index (χ3v) is 12.2. The molecule has 6 atom stereocenters. The third kappa shape index (κ3) is 4.65. The van der Waals surface area contributed by atoms with Gasteiger partial charge in [-0.05, 0) is 54.9 Å². The summed E-state index contributed by atoms with van der Waals surface area (Å²) in [4.78, 5) is 57.0. The monoisotopic (exact) mass is 665 g/mol. The Kier molecular flexibility index (Phi) is 8.03. The van der Waals surface area contributed by atoms with Gasteiger partial charge in [0.1, 0.15) is 12.4 Å². The van der Waals surface area contributed by atoms with E-state index in [1.54, 1.807) is 24.3 Å². The van der Waals surface area contributed by atoms with Crippen LogP contribution in [-0.4, -0.2) is 92.6 Å². The van der Waals surface area contributed by atoms with Crippen molar-refractivity contribution in [2.75, 3.05) is 33.4 Å². The van der Waals surface area contributed by atoms with Crippen LogP contribution in [0.15, 0.2) is 66.2 Å². The molecule has 0 spiro atoms. The minimum atomic E-state index is -1.82. The number of imide groups is 2. The van der Waals surface area contributed by atoms with E-state index >= 15 is 0 Å². The van der Waals surface area contributed by atoms with E-state index in [4.69, 9.17) is 33.0 Å². The molecule has 0 unspecified atom stereocenters. The van der Waals surface area contributed by atoms with Crippen LogP contribution >= 0.6 is 23.2 Å². The molecule has 3 aliphatic heterocycles. The first kappa shape index (κ1) is 31.4. The van der Waals surface area contributed by atoms with Gasteiger partial charge in [-0.15, -0.1) is 23.2 Å². The second-order valence-corrected chi connectivity index (χ2v) is 14.4. The molecule has 7 rings (SSSR count). The molecular formula is C35H37Cl2N3O6. The number of benzene rings is 2. The Morgan fingerprint density at radius 2 is 1.61 bits per heavy atom. The molecule has 2 aromatic rings. The first-order chi connectivity index (χ1) is 22.1. The lowest BCUT2D eigenvalue weighted by molar-refractivity contribution is -0.144. The molecule has 2 aromatic carbocycles. The zero-order chi connectivity index (χ0) is 32.4. The summed E-state index contributed by atoms with van der Waals surface area (Å²) in [6.07, 6.45) is 3.68. The van der Waals surface area contributed by atoms with Crippen LogP contribution in [0, 0.1) is 17.8 Å². The lowest BCUT2D eigenvalue weighted by Gasteiger charge is -2.50. The summed E-state index contributed by atoms with van der Waals surface area (Å²) in [5, 5.41) is 9.15. The maximum Gasteiger partial charge on any atom is 0.253 e. The predicted molar refractivity (Wildman–Crippen MR) is 171 cm³/mol. The number of halogens is 2. The molecule has 4 fully saturated rings. The van der Waals surface area contributed by atoms with Crippen LogP contribution in [0.3, 0.4) is 0 Å². The number of fused-ring (bicyclic) bond motifs is 4. The maximum atomic E-state index is 14.3. The van der Waals surface area contributed by atoms with Crippen molar-refractivity contribution < 1.29 is 29.0 Å². The molecule has 11 heteroatoms. The molecule has 46 heavy (non-hydrogen) atoms. The second-order valence-electron chi connectivity index (χ2n) is 13.2. The van der Waals surface area contributed by atoms with Crippen molar-refractivity contribution in [2.45, 2.75) is 53.9 Å². The van der Waals surface area contributed by atoms with Crippen LogP contribution in [0.25, 0.3) is 0 Å². The lowest BCUT2D eigenvalue weighted by Crippen LogP contribution is -2.60. The van der Waals surface area contributed by atoms with Crippen LogP contribution in [0.1, 0.15) is 42.7 Å². The molecule has 3 heterocycles. The average Bonchev–Trinajstić information content (AvgIpc) is 3.39. The number of ether oxygens (including phenoxy) is 1. The summed E-state index contributed by atoms with van der Waals surface area (Å²) < 4.78 is 5.54. The Morgan fingerprint density at radius 1 is 0.913 bits per heavy atom. The Balaban J connectivity index is 1.19. The fraction of sp³-hybridized carbons (Fsp3) is 0.486. The van der Waals surface area contributed by atoms with E-state index in [1.807, 2.05) is 24.3 Å². The van der Waals surface area contributed by atoms with Gasteiger partial charge in [-0.25, -0.2) is 0 Å². The highest BCUT2D eigenvalue weighted by Crippen LogP contribution is 2.65. The Bertz CT molecular complexity index is 1590. The number of alkyl halides is 2. The number of hydrogen-bond acceptors (Lipinski definition) is 7. The lowest BCUT2D eigenvalue weighted by atomic mass is 9.56. The number of amides is 4. The van der Waals surface area contributed by atoms with Crippen LogP contribution in [0.2, 0.25) is 0 Å². The number of nitrogens with zero attached hydrogens (tertiary/aromatic N) is 3. The number of aliphatic hydroxyl groups is 1. The first-order valence-electron chi connectivity index (χ1n) is 16.0. The standard InChI is InChI=1S/C35H37Cl2N3O6/c1-38-32(44)34(36)19-27-25(29(35(34,37)33(38)45)22-7-9-24(10-8-22)46-18-17-41)11-12-26-28(27)31(43)40(30(26)42)23-13-15-39(16-14-23)20-21-5-3-2-4-6-21/h2-11,23,26-29,41H,12-20H2,1H3/t26-,27+,28-,29-,34+,35-/m0/s1. The van der Waals surface area contributed by atoms with E-state index in [0.717, 1.165) is 30.1 Å². The van der Waals surface area contributed by atoms with Crippen LogP contribution < -0.4 is 4.74 Å². The number of aliphatic hydroxyl groups excluding tert-OH is 1. The van der Waals surface area contributed by atoms with E-state index in [-0.39, 0.29) is 37.5 Å². The van der Waals surface area contributed by atoms with E-state index in [9.17, 15) is 19.2 Å². The minimum absolute atomic E-state index is 0.0173. The molecule has 0 aromatic heterocycles. The summed E-state index contributed by atoms with van der Waals surface area (Å²) >= 11 is 14.5. The third-order valence-electron chi connectivity index (χ3n) is 10.8. The zero-order valence-electron chi connectivity index (χ0n) is 25.6. The van der Waals surface area contributed by atoms with Gasteiger partial charge >= 0.3 is 0 Å². The van der Waals surface area contributed by atoms with E-state index in [2.05, 4.69) is 17.0 Å². The van der Waals surface area contributed by atoms with Gasteiger partial charge in [-0.2, -0.15) is 0 Å². The van der Waals surface area contributed by atoms with Gasteiger partial charge in [0.25, 0.3) is 11.8 Å². The predicted octanol–water partition coefficient (Wildman–Crippen LogP) is 3.71. The Morgan fingerprint density at radius 3 is 2.28 bits per heavy atom. The van der Waals surface area contributed by atoms with Gasteiger partial charge in [-0.3, -0.25) is 33.9 Å². The molecule has 5 aliphatic rings.